The van der Waals surface area contributed by atoms with Crippen LogP contribution in [0, 0.1) is 5.41 Å². The first-order chi connectivity index (χ1) is 9.07. The van der Waals surface area contributed by atoms with Crippen molar-refractivity contribution in [2.24, 2.45) is 10.4 Å². The van der Waals surface area contributed by atoms with Gasteiger partial charge >= 0.3 is 0 Å². The van der Waals surface area contributed by atoms with Gasteiger partial charge in [-0.05, 0) is 37.5 Å². The Balaban J connectivity index is 1.62. The first kappa shape index (κ1) is 13.7. The molecule has 0 bridgehead atoms. The lowest BCUT2D eigenvalue weighted by atomic mass is 9.75. The van der Waals surface area contributed by atoms with Crippen LogP contribution in [0.15, 0.2) is 4.99 Å². The molecule has 0 amide bonds. The lowest BCUT2D eigenvalue weighted by Crippen LogP contribution is -2.48. The van der Waals surface area contributed by atoms with Gasteiger partial charge in [0.05, 0.1) is 11.6 Å². The maximum atomic E-state index is 5.48. The molecule has 2 aliphatic heterocycles. The first-order valence-corrected chi connectivity index (χ1v) is 8.62. The number of nitrogens with one attached hydrogen (secondary N) is 1. The van der Waals surface area contributed by atoms with E-state index in [9.17, 15) is 0 Å². The Kier molecular flexibility index (Phi) is 3.82. The molecule has 1 saturated carbocycles. The van der Waals surface area contributed by atoms with Crippen LogP contribution in [0.4, 0.5) is 0 Å². The summed E-state index contributed by atoms with van der Waals surface area (Å²) in [6.07, 6.45) is 7.47. The van der Waals surface area contributed by atoms with Gasteiger partial charge in [-0.1, -0.05) is 32.0 Å². The molecule has 1 aliphatic carbocycles. The quantitative estimate of drug-likeness (QED) is 0.802. The zero-order valence-electron chi connectivity index (χ0n) is 12.2. The molecule has 0 aromatic heterocycles. The van der Waals surface area contributed by atoms with Gasteiger partial charge in [-0.25, -0.2) is 0 Å². The summed E-state index contributed by atoms with van der Waals surface area (Å²) in [6.45, 7) is 6.57. The molecule has 2 heterocycles. The number of rotatable bonds is 1. The second-order valence-corrected chi connectivity index (χ2v) is 8.12. The lowest BCUT2D eigenvalue weighted by molar-refractivity contribution is 0.0555. The van der Waals surface area contributed by atoms with E-state index >= 15 is 0 Å². The van der Waals surface area contributed by atoms with E-state index in [4.69, 9.17) is 9.73 Å². The van der Waals surface area contributed by atoms with Gasteiger partial charge in [-0.2, -0.15) is 0 Å². The molecule has 3 fully saturated rings. The highest BCUT2D eigenvalue weighted by atomic mass is 32.2. The van der Waals surface area contributed by atoms with E-state index in [1.807, 2.05) is 11.8 Å². The molecule has 19 heavy (non-hydrogen) atoms. The molecular weight excluding hydrogens is 256 g/mol. The smallest absolute Gasteiger partial charge is 0.157 e. The van der Waals surface area contributed by atoms with Crippen molar-refractivity contribution >= 4 is 16.9 Å². The molecule has 0 aromatic carbocycles. The van der Waals surface area contributed by atoms with Crippen molar-refractivity contribution in [3.05, 3.63) is 0 Å². The van der Waals surface area contributed by atoms with Gasteiger partial charge in [0.2, 0.25) is 0 Å². The molecule has 3 aliphatic rings. The monoisotopic (exact) mass is 282 g/mol. The molecule has 108 valence electrons. The Morgan fingerprint density at radius 2 is 2.05 bits per heavy atom. The Morgan fingerprint density at radius 3 is 2.79 bits per heavy atom. The van der Waals surface area contributed by atoms with Gasteiger partial charge in [0.1, 0.15) is 0 Å². The second kappa shape index (κ2) is 5.28. The van der Waals surface area contributed by atoms with Crippen LogP contribution < -0.4 is 5.32 Å². The Bertz CT molecular complexity index is 361. The Morgan fingerprint density at radius 1 is 1.26 bits per heavy atom. The van der Waals surface area contributed by atoms with Gasteiger partial charge in [-0.15, -0.1) is 0 Å². The molecule has 3 nitrogen and oxygen atoms in total. The van der Waals surface area contributed by atoms with Gasteiger partial charge in [0.25, 0.3) is 0 Å². The first-order valence-electron chi connectivity index (χ1n) is 7.64. The van der Waals surface area contributed by atoms with Crippen LogP contribution >= 0.6 is 11.8 Å². The summed E-state index contributed by atoms with van der Waals surface area (Å²) in [5.41, 5.74) is 0.762. The standard InChI is InChI=1S/C15H26N2OS/c1-14(2)5-3-4-12(10-14)16-13-17-15(11-19-13)6-8-18-9-7-15/h12H,3-11H2,1-2H3,(H,16,17). The fraction of sp³-hybridized carbons (Fsp3) is 0.933. The van der Waals surface area contributed by atoms with E-state index in [2.05, 4.69) is 19.2 Å². The fourth-order valence-electron chi connectivity index (χ4n) is 3.54. The van der Waals surface area contributed by atoms with Crippen LogP contribution in [-0.4, -0.2) is 35.7 Å². The van der Waals surface area contributed by atoms with E-state index in [-0.39, 0.29) is 5.54 Å². The minimum Gasteiger partial charge on any atom is -0.381 e. The van der Waals surface area contributed by atoms with Crippen LogP contribution in [0.25, 0.3) is 0 Å². The van der Waals surface area contributed by atoms with E-state index < -0.39 is 0 Å². The van der Waals surface area contributed by atoms with Crippen LogP contribution in [0.3, 0.4) is 0 Å². The number of amidine groups is 1. The molecule has 4 heteroatoms. The van der Waals surface area contributed by atoms with E-state index in [0.717, 1.165) is 26.1 Å². The zero-order valence-corrected chi connectivity index (χ0v) is 13.0. The summed E-state index contributed by atoms with van der Waals surface area (Å²) >= 11 is 1.92. The molecule has 1 spiro atoms. The van der Waals surface area contributed by atoms with Crippen molar-refractivity contribution in [3.63, 3.8) is 0 Å². The van der Waals surface area contributed by atoms with Gasteiger partial charge < -0.3 is 10.1 Å². The van der Waals surface area contributed by atoms with Crippen molar-refractivity contribution in [3.8, 4) is 0 Å². The van der Waals surface area contributed by atoms with Gasteiger partial charge in [-0.3, -0.25) is 4.99 Å². The molecule has 1 atom stereocenters. The van der Waals surface area contributed by atoms with Crippen molar-refractivity contribution in [2.45, 2.75) is 64.0 Å². The number of ether oxygens (including phenoxy) is 1. The molecule has 2 saturated heterocycles. The molecule has 0 aromatic rings. The summed E-state index contributed by atoms with van der Waals surface area (Å²) < 4.78 is 5.48. The van der Waals surface area contributed by atoms with Gasteiger partial charge in [0.15, 0.2) is 5.17 Å². The predicted octanol–water partition coefficient (Wildman–Crippen LogP) is 3.20. The van der Waals surface area contributed by atoms with Crippen LogP contribution in [0.1, 0.15) is 52.4 Å². The average Bonchev–Trinajstić information content (AvgIpc) is 2.72. The molecule has 1 unspecified atom stereocenters. The van der Waals surface area contributed by atoms with Crippen LogP contribution in [0.5, 0.6) is 0 Å². The van der Waals surface area contributed by atoms with E-state index in [0.29, 0.717) is 11.5 Å². The van der Waals surface area contributed by atoms with Crippen molar-refractivity contribution in [1.82, 2.24) is 5.32 Å². The summed E-state index contributed by atoms with van der Waals surface area (Å²) in [5, 5.41) is 4.91. The minimum atomic E-state index is 0.284. The SMILES string of the molecule is CC1(C)CCCC(N=C2NC3(CCOCC3)CS2)C1. The fourth-order valence-corrected chi connectivity index (χ4v) is 4.83. The number of hydrogen-bond acceptors (Lipinski definition) is 3. The third-order valence-electron chi connectivity index (χ3n) is 4.79. The zero-order chi connectivity index (χ0) is 13.3. The summed E-state index contributed by atoms with van der Waals surface area (Å²) in [7, 11) is 0. The van der Waals surface area contributed by atoms with Crippen LogP contribution in [-0.2, 0) is 4.74 Å². The van der Waals surface area contributed by atoms with Gasteiger partial charge in [0, 0.05) is 19.0 Å². The van der Waals surface area contributed by atoms with Crippen molar-refractivity contribution in [2.75, 3.05) is 19.0 Å². The van der Waals surface area contributed by atoms with E-state index in [1.165, 1.54) is 36.6 Å². The highest BCUT2D eigenvalue weighted by Gasteiger charge is 2.39. The Hall–Kier alpha value is -0.220. The molecule has 1 N–H and O–H groups in total. The highest BCUT2D eigenvalue weighted by Crippen LogP contribution is 2.38. The predicted molar refractivity (Wildman–Crippen MR) is 81.8 cm³/mol. The van der Waals surface area contributed by atoms with Crippen molar-refractivity contribution < 1.29 is 4.74 Å². The van der Waals surface area contributed by atoms with Crippen molar-refractivity contribution in [1.29, 1.82) is 0 Å². The topological polar surface area (TPSA) is 33.6 Å². The normalized spacial score (nSPS) is 35.5. The molecule has 3 rings (SSSR count). The average molecular weight is 282 g/mol. The maximum absolute atomic E-state index is 5.48. The summed E-state index contributed by atoms with van der Waals surface area (Å²) in [6, 6.07) is 0.536. The number of nitrogens with zero attached hydrogens (tertiary/aromatic N) is 1. The summed E-state index contributed by atoms with van der Waals surface area (Å²) in [5.74, 6) is 1.17. The number of aliphatic imine (C=N–C) groups is 1. The second-order valence-electron chi connectivity index (χ2n) is 7.16. The number of thioether (sulfide) groups is 1. The van der Waals surface area contributed by atoms with Crippen LogP contribution in [0.2, 0.25) is 0 Å². The third kappa shape index (κ3) is 3.27. The Labute approximate surface area is 121 Å². The summed E-state index contributed by atoms with van der Waals surface area (Å²) in [4.78, 5) is 5.01. The third-order valence-corrected chi connectivity index (χ3v) is 5.96. The number of hydrogen-bond donors (Lipinski definition) is 1. The molecule has 0 radical (unpaired) electrons. The maximum Gasteiger partial charge on any atom is 0.157 e. The minimum absolute atomic E-state index is 0.284. The largest absolute Gasteiger partial charge is 0.381 e. The van der Waals surface area contributed by atoms with E-state index in [1.54, 1.807) is 0 Å². The molecular formula is C15H26N2OS. The lowest BCUT2D eigenvalue weighted by Gasteiger charge is -2.34. The highest BCUT2D eigenvalue weighted by molar-refractivity contribution is 8.14.